The van der Waals surface area contributed by atoms with Crippen LogP contribution in [0.2, 0.25) is 15.1 Å². The van der Waals surface area contributed by atoms with Crippen molar-refractivity contribution in [3.8, 4) is 11.3 Å². The van der Waals surface area contributed by atoms with E-state index in [1.54, 1.807) is 37.3 Å². The number of rotatable bonds is 11. The molecule has 4 aromatic rings. The second kappa shape index (κ2) is 12.6. The number of hydrogen-bond donors (Lipinski definition) is 4. The van der Waals surface area contributed by atoms with Gasteiger partial charge in [-0.2, -0.15) is 0 Å². The van der Waals surface area contributed by atoms with Crippen molar-refractivity contribution in [2.45, 2.75) is 13.5 Å². The highest BCUT2D eigenvalue weighted by atomic mass is 35.5. The fourth-order valence-corrected chi connectivity index (χ4v) is 4.32. The zero-order valence-electron chi connectivity index (χ0n) is 21.5. The minimum absolute atomic E-state index is 0.0147. The first-order valence-corrected chi connectivity index (χ1v) is 13.1. The van der Waals surface area contributed by atoms with E-state index in [1.165, 1.54) is 6.07 Å². The van der Waals surface area contributed by atoms with Crippen molar-refractivity contribution >= 4 is 63.8 Å². The predicted octanol–water partition coefficient (Wildman–Crippen LogP) is 7.03. The first-order chi connectivity index (χ1) is 18.6. The number of nitrogens with one attached hydrogen (secondary N) is 3. The lowest BCUT2D eigenvalue weighted by atomic mass is 10.1. The molecule has 0 aliphatic rings. The molecule has 0 unspecified atom stereocenters. The van der Waals surface area contributed by atoms with Crippen LogP contribution in [0.15, 0.2) is 52.9 Å². The predicted molar refractivity (Wildman–Crippen MR) is 157 cm³/mol. The van der Waals surface area contributed by atoms with Crippen molar-refractivity contribution in [2.75, 3.05) is 43.1 Å². The van der Waals surface area contributed by atoms with Gasteiger partial charge in [0.1, 0.15) is 23.0 Å². The van der Waals surface area contributed by atoms with Crippen LogP contribution in [-0.4, -0.2) is 53.1 Å². The number of aromatic nitrogens is 2. The molecule has 2 aromatic carbocycles. The van der Waals surface area contributed by atoms with Gasteiger partial charge >= 0.3 is 5.97 Å². The van der Waals surface area contributed by atoms with Gasteiger partial charge in [0.2, 0.25) is 0 Å². The third kappa shape index (κ3) is 7.33. The topological polar surface area (TPSA) is 116 Å². The monoisotopic (exact) mass is 588 g/mol. The molecule has 39 heavy (non-hydrogen) atoms. The second-order valence-corrected chi connectivity index (χ2v) is 10.2. The Hall–Kier alpha value is -3.50. The zero-order valence-corrected chi connectivity index (χ0v) is 23.7. The van der Waals surface area contributed by atoms with Gasteiger partial charge in [-0.05, 0) is 69.6 Å². The minimum Gasteiger partial charge on any atom is -0.478 e. The number of halogens is 3. The minimum atomic E-state index is -1.12. The lowest BCUT2D eigenvalue weighted by Gasteiger charge is -2.19. The molecule has 0 radical (unpaired) electrons. The van der Waals surface area contributed by atoms with Crippen LogP contribution in [0.4, 0.5) is 23.0 Å². The van der Waals surface area contributed by atoms with Gasteiger partial charge in [0, 0.05) is 28.7 Å². The molecule has 204 valence electrons. The van der Waals surface area contributed by atoms with Crippen molar-refractivity contribution in [3.05, 3.63) is 80.7 Å². The SMILES string of the molecule is Cc1nc(NCCN(C)C)c(NCc2ccc(-c3cc(Cl)ccc3Cl)o2)c(Nc2ccc(Cl)cc2C(=O)O)n1. The average molecular weight is 590 g/mol. The number of nitrogens with zero attached hydrogens (tertiary/aromatic N) is 3. The van der Waals surface area contributed by atoms with Gasteiger partial charge in [-0.3, -0.25) is 0 Å². The molecule has 4 rings (SSSR count). The van der Waals surface area contributed by atoms with E-state index in [0.29, 0.717) is 67.5 Å². The van der Waals surface area contributed by atoms with Crippen LogP contribution < -0.4 is 16.0 Å². The van der Waals surface area contributed by atoms with E-state index in [2.05, 4.69) is 25.9 Å². The maximum atomic E-state index is 11.9. The lowest BCUT2D eigenvalue weighted by molar-refractivity contribution is 0.0698. The van der Waals surface area contributed by atoms with E-state index in [1.807, 2.05) is 31.1 Å². The number of carbonyl (C=O) groups is 1. The van der Waals surface area contributed by atoms with Crippen LogP contribution in [0, 0.1) is 6.92 Å². The van der Waals surface area contributed by atoms with Gasteiger partial charge in [0.25, 0.3) is 0 Å². The van der Waals surface area contributed by atoms with E-state index in [4.69, 9.17) is 39.2 Å². The Morgan fingerprint density at radius 1 is 0.974 bits per heavy atom. The number of carboxylic acids is 1. The van der Waals surface area contributed by atoms with Crippen LogP contribution in [0.25, 0.3) is 11.3 Å². The zero-order chi connectivity index (χ0) is 28.1. The first kappa shape index (κ1) is 28.5. The lowest BCUT2D eigenvalue weighted by Crippen LogP contribution is -2.22. The molecular formula is C27H27Cl3N6O3. The smallest absolute Gasteiger partial charge is 0.337 e. The number of furan rings is 1. The number of aromatic carboxylic acids is 1. The summed E-state index contributed by atoms with van der Waals surface area (Å²) in [6, 6.07) is 13.4. The highest BCUT2D eigenvalue weighted by Gasteiger charge is 2.18. The quantitative estimate of drug-likeness (QED) is 0.146. The molecule has 0 amide bonds. The van der Waals surface area contributed by atoms with Crippen molar-refractivity contribution in [3.63, 3.8) is 0 Å². The summed E-state index contributed by atoms with van der Waals surface area (Å²) in [4.78, 5) is 23.1. The fraction of sp³-hybridized carbons (Fsp3) is 0.222. The number of carboxylic acid groups (broad SMARTS) is 1. The molecule has 0 saturated carbocycles. The van der Waals surface area contributed by atoms with E-state index >= 15 is 0 Å². The Balaban J connectivity index is 1.66. The number of anilines is 4. The molecule has 0 spiro atoms. The Bertz CT molecular complexity index is 1490. The molecular weight excluding hydrogens is 563 g/mol. The van der Waals surface area contributed by atoms with Crippen molar-refractivity contribution in [1.82, 2.24) is 14.9 Å². The van der Waals surface area contributed by atoms with Gasteiger partial charge in [-0.25, -0.2) is 14.8 Å². The van der Waals surface area contributed by atoms with Crippen molar-refractivity contribution in [1.29, 1.82) is 0 Å². The van der Waals surface area contributed by atoms with E-state index in [0.717, 1.165) is 6.54 Å². The van der Waals surface area contributed by atoms with Crippen LogP contribution in [0.5, 0.6) is 0 Å². The van der Waals surface area contributed by atoms with Gasteiger partial charge in [0.05, 0.1) is 22.8 Å². The van der Waals surface area contributed by atoms with Crippen LogP contribution >= 0.6 is 34.8 Å². The molecule has 0 atom stereocenters. The highest BCUT2D eigenvalue weighted by molar-refractivity contribution is 6.35. The Kier molecular flexibility index (Phi) is 9.19. The summed E-state index contributed by atoms with van der Waals surface area (Å²) in [5, 5.41) is 20.9. The molecule has 0 aliphatic heterocycles. The molecule has 2 heterocycles. The number of benzene rings is 2. The largest absolute Gasteiger partial charge is 0.478 e. The molecule has 0 saturated heterocycles. The molecule has 9 nitrogen and oxygen atoms in total. The molecule has 0 aliphatic carbocycles. The van der Waals surface area contributed by atoms with Crippen LogP contribution in [0.1, 0.15) is 21.9 Å². The van der Waals surface area contributed by atoms with Crippen LogP contribution in [0.3, 0.4) is 0 Å². The van der Waals surface area contributed by atoms with E-state index < -0.39 is 5.97 Å². The third-order valence-electron chi connectivity index (χ3n) is 5.63. The Morgan fingerprint density at radius 2 is 1.69 bits per heavy atom. The standard InChI is InChI=1S/C27H27Cl3N6O3/c1-15-33-25(31-10-11-36(2)3)24(26(34-15)35-22-8-5-17(29)13-20(22)27(37)38)32-14-18-6-9-23(39-18)19-12-16(28)4-7-21(19)30/h4-9,12-13,32H,10-11,14H2,1-3H3,(H,37,38)(H2,31,33,34,35). The highest BCUT2D eigenvalue weighted by Crippen LogP contribution is 2.34. The summed E-state index contributed by atoms with van der Waals surface area (Å²) < 4.78 is 6.04. The summed E-state index contributed by atoms with van der Waals surface area (Å²) >= 11 is 18.5. The number of hydrogen-bond acceptors (Lipinski definition) is 8. The summed E-state index contributed by atoms with van der Waals surface area (Å²) in [5.74, 6) is 1.54. The van der Waals surface area contributed by atoms with Gasteiger partial charge in [-0.1, -0.05) is 34.8 Å². The molecule has 0 bridgehead atoms. The third-order valence-corrected chi connectivity index (χ3v) is 6.43. The van der Waals surface area contributed by atoms with Gasteiger partial charge < -0.3 is 30.4 Å². The molecule has 2 aromatic heterocycles. The fourth-order valence-electron chi connectivity index (χ4n) is 3.77. The summed E-state index contributed by atoms with van der Waals surface area (Å²) in [5.41, 5.74) is 1.58. The summed E-state index contributed by atoms with van der Waals surface area (Å²) in [7, 11) is 3.96. The van der Waals surface area contributed by atoms with Crippen LogP contribution in [-0.2, 0) is 6.54 Å². The maximum absolute atomic E-state index is 11.9. The average Bonchev–Trinajstić information content (AvgIpc) is 3.34. The van der Waals surface area contributed by atoms with Gasteiger partial charge in [-0.15, -0.1) is 0 Å². The van der Waals surface area contributed by atoms with Crippen molar-refractivity contribution in [2.24, 2.45) is 0 Å². The maximum Gasteiger partial charge on any atom is 0.337 e. The van der Waals surface area contributed by atoms with E-state index in [-0.39, 0.29) is 12.1 Å². The normalized spacial score (nSPS) is 11.1. The number of likely N-dealkylation sites (N-methyl/N-ethyl adjacent to an activating group) is 1. The second-order valence-electron chi connectivity index (χ2n) is 8.94. The van der Waals surface area contributed by atoms with E-state index in [9.17, 15) is 9.90 Å². The Morgan fingerprint density at radius 3 is 2.44 bits per heavy atom. The number of aryl methyl sites for hydroxylation is 1. The first-order valence-electron chi connectivity index (χ1n) is 12.0. The molecule has 0 fully saturated rings. The van der Waals surface area contributed by atoms with Crippen molar-refractivity contribution < 1.29 is 14.3 Å². The molecule has 12 heteroatoms. The summed E-state index contributed by atoms with van der Waals surface area (Å²) in [6.45, 7) is 3.44. The molecule has 4 N–H and O–H groups in total. The van der Waals surface area contributed by atoms with Gasteiger partial charge in [0.15, 0.2) is 11.6 Å². The Labute approximate surface area is 241 Å². The summed E-state index contributed by atoms with van der Waals surface area (Å²) in [6.07, 6.45) is 0.